The number of hydrogen-bond acceptors (Lipinski definition) is 3. The van der Waals surface area contributed by atoms with Crippen molar-refractivity contribution in [1.82, 2.24) is 15.5 Å². The smallest absolute Gasteiger partial charge is 0.319 e. The van der Waals surface area contributed by atoms with E-state index in [-0.39, 0.29) is 18.0 Å². The maximum Gasteiger partial charge on any atom is 0.319 e. The summed E-state index contributed by atoms with van der Waals surface area (Å²) in [5, 5.41) is 20.5. The van der Waals surface area contributed by atoms with Crippen LogP contribution in [0.2, 0.25) is 0 Å². The minimum Gasteiger partial charge on any atom is -0.481 e. The van der Waals surface area contributed by atoms with Gasteiger partial charge in [-0.2, -0.15) is 5.10 Å². The first-order valence-corrected chi connectivity index (χ1v) is 5.44. The highest BCUT2D eigenvalue weighted by Gasteiger charge is 2.30. The fourth-order valence-electron chi connectivity index (χ4n) is 2.01. The second kappa shape index (κ2) is 4.86. The monoisotopic (exact) mass is 238 g/mol. The number of H-pyrrole nitrogens is 1. The Morgan fingerprint density at radius 1 is 1.47 bits per heavy atom. The minimum atomic E-state index is -0.787. The lowest BCUT2D eigenvalue weighted by Gasteiger charge is -2.12. The number of urea groups is 1. The number of hydrogen-bond donors (Lipinski definition) is 4. The van der Waals surface area contributed by atoms with Crippen LogP contribution in [0.25, 0.3) is 0 Å². The van der Waals surface area contributed by atoms with Gasteiger partial charge in [-0.05, 0) is 19.3 Å². The van der Waals surface area contributed by atoms with E-state index in [2.05, 4.69) is 20.8 Å². The second-order valence-electron chi connectivity index (χ2n) is 4.13. The summed E-state index contributed by atoms with van der Waals surface area (Å²) >= 11 is 0. The number of carboxylic acid groups (broad SMARTS) is 1. The number of carbonyl (C=O) groups excluding carboxylic acids is 1. The lowest BCUT2D eigenvalue weighted by molar-refractivity contribution is -0.141. The molecular weight excluding hydrogens is 224 g/mol. The molecule has 0 spiro atoms. The van der Waals surface area contributed by atoms with Gasteiger partial charge in [0.25, 0.3) is 0 Å². The molecule has 4 N–H and O–H groups in total. The molecule has 17 heavy (non-hydrogen) atoms. The predicted octanol–water partition coefficient (Wildman–Crippen LogP) is 0.784. The van der Waals surface area contributed by atoms with Crippen LogP contribution in [0.1, 0.15) is 19.3 Å². The summed E-state index contributed by atoms with van der Waals surface area (Å²) in [6, 6.07) is -0.398. The first kappa shape index (κ1) is 11.4. The topological polar surface area (TPSA) is 107 Å². The Kier molecular flexibility index (Phi) is 3.27. The summed E-state index contributed by atoms with van der Waals surface area (Å²) in [5.41, 5.74) is 0.579. The van der Waals surface area contributed by atoms with Crippen LogP contribution < -0.4 is 10.6 Å². The maximum absolute atomic E-state index is 11.5. The summed E-state index contributed by atoms with van der Waals surface area (Å²) in [7, 11) is 0. The van der Waals surface area contributed by atoms with Gasteiger partial charge in [-0.25, -0.2) is 4.79 Å². The summed E-state index contributed by atoms with van der Waals surface area (Å²) in [5.74, 6) is -1.13. The molecule has 1 aromatic heterocycles. The van der Waals surface area contributed by atoms with Crippen molar-refractivity contribution in [2.24, 2.45) is 5.92 Å². The van der Waals surface area contributed by atoms with E-state index < -0.39 is 5.97 Å². The third kappa shape index (κ3) is 2.96. The van der Waals surface area contributed by atoms with E-state index in [9.17, 15) is 9.59 Å². The van der Waals surface area contributed by atoms with E-state index in [4.69, 9.17) is 5.11 Å². The van der Waals surface area contributed by atoms with Crippen LogP contribution in [0.3, 0.4) is 0 Å². The van der Waals surface area contributed by atoms with Gasteiger partial charge < -0.3 is 15.7 Å². The first-order chi connectivity index (χ1) is 8.15. The average Bonchev–Trinajstić information content (AvgIpc) is 2.88. The van der Waals surface area contributed by atoms with Gasteiger partial charge >= 0.3 is 12.0 Å². The maximum atomic E-state index is 11.5. The van der Waals surface area contributed by atoms with Crippen molar-refractivity contribution in [3.05, 3.63) is 12.4 Å². The van der Waals surface area contributed by atoms with Gasteiger partial charge in [0.15, 0.2) is 0 Å². The number of carboxylic acids is 1. The molecule has 1 aromatic rings. The summed E-state index contributed by atoms with van der Waals surface area (Å²) in [4.78, 5) is 22.3. The zero-order valence-electron chi connectivity index (χ0n) is 9.14. The molecule has 2 amide bonds. The van der Waals surface area contributed by atoms with Gasteiger partial charge in [-0.15, -0.1) is 0 Å². The molecule has 0 aromatic carbocycles. The Balaban J connectivity index is 1.78. The molecule has 1 aliphatic rings. The zero-order valence-corrected chi connectivity index (χ0v) is 9.14. The molecule has 1 aliphatic carbocycles. The lowest BCUT2D eigenvalue weighted by Crippen LogP contribution is -2.36. The fourth-order valence-corrected chi connectivity index (χ4v) is 2.01. The highest BCUT2D eigenvalue weighted by atomic mass is 16.4. The van der Waals surface area contributed by atoms with Crippen LogP contribution in [-0.4, -0.2) is 33.3 Å². The molecule has 2 rings (SSSR count). The van der Waals surface area contributed by atoms with E-state index in [1.54, 1.807) is 6.20 Å². The summed E-state index contributed by atoms with van der Waals surface area (Å²) < 4.78 is 0. The number of rotatable bonds is 3. The van der Waals surface area contributed by atoms with E-state index in [0.717, 1.165) is 0 Å². The third-order valence-electron chi connectivity index (χ3n) is 2.87. The number of nitrogens with one attached hydrogen (secondary N) is 3. The highest BCUT2D eigenvalue weighted by molar-refractivity contribution is 5.89. The number of nitrogens with zero attached hydrogens (tertiary/aromatic N) is 1. The Labute approximate surface area is 97.6 Å². The first-order valence-electron chi connectivity index (χ1n) is 5.44. The van der Waals surface area contributed by atoms with Gasteiger partial charge in [0.05, 0.1) is 17.8 Å². The van der Waals surface area contributed by atoms with Gasteiger partial charge in [0.1, 0.15) is 0 Å². The number of aromatic amines is 1. The van der Waals surface area contributed by atoms with Crippen molar-refractivity contribution in [2.45, 2.75) is 25.3 Å². The number of amides is 2. The average molecular weight is 238 g/mol. The van der Waals surface area contributed by atoms with Crippen molar-refractivity contribution in [1.29, 1.82) is 0 Å². The predicted molar refractivity (Wildman–Crippen MR) is 59.5 cm³/mol. The molecule has 1 heterocycles. The van der Waals surface area contributed by atoms with Crippen molar-refractivity contribution < 1.29 is 14.7 Å². The molecule has 0 saturated heterocycles. The van der Waals surface area contributed by atoms with Crippen LogP contribution in [0.5, 0.6) is 0 Å². The molecule has 92 valence electrons. The highest BCUT2D eigenvalue weighted by Crippen LogP contribution is 2.25. The Morgan fingerprint density at radius 2 is 2.29 bits per heavy atom. The Bertz CT molecular complexity index is 404. The van der Waals surface area contributed by atoms with Crippen LogP contribution in [-0.2, 0) is 4.79 Å². The largest absolute Gasteiger partial charge is 0.481 e. The van der Waals surface area contributed by atoms with E-state index in [0.29, 0.717) is 24.9 Å². The fraction of sp³-hybridized carbons (Fsp3) is 0.500. The molecular formula is C10H14N4O3. The molecule has 7 nitrogen and oxygen atoms in total. The Hall–Kier alpha value is -2.05. The SMILES string of the molecule is O=C(Nc1cn[nH]c1)N[C@H]1CC[C@@H](C(=O)O)C1. The second-order valence-corrected chi connectivity index (χ2v) is 4.13. The minimum absolute atomic E-state index is 0.0667. The van der Waals surface area contributed by atoms with Crippen LogP contribution in [0.15, 0.2) is 12.4 Å². The third-order valence-corrected chi connectivity index (χ3v) is 2.87. The standard InChI is InChI=1S/C10H14N4O3/c15-9(16)6-1-2-7(3-6)13-10(17)14-8-4-11-12-5-8/h4-7H,1-3H2,(H,11,12)(H,15,16)(H2,13,14,17)/t6-,7+/m1/s1. The quantitative estimate of drug-likeness (QED) is 0.624. The Morgan fingerprint density at radius 3 is 2.88 bits per heavy atom. The van der Waals surface area contributed by atoms with Crippen molar-refractivity contribution in [3.63, 3.8) is 0 Å². The van der Waals surface area contributed by atoms with Gasteiger partial charge in [-0.1, -0.05) is 0 Å². The molecule has 2 atom stereocenters. The van der Waals surface area contributed by atoms with Crippen LogP contribution in [0.4, 0.5) is 10.5 Å². The molecule has 0 aliphatic heterocycles. The van der Waals surface area contributed by atoms with E-state index >= 15 is 0 Å². The van der Waals surface area contributed by atoms with Crippen molar-refractivity contribution in [3.8, 4) is 0 Å². The normalized spacial score (nSPS) is 23.3. The molecule has 0 radical (unpaired) electrons. The van der Waals surface area contributed by atoms with Crippen molar-refractivity contribution >= 4 is 17.7 Å². The molecule has 0 bridgehead atoms. The number of anilines is 1. The number of carbonyl (C=O) groups is 2. The van der Waals surface area contributed by atoms with E-state index in [1.807, 2.05) is 0 Å². The number of aliphatic carboxylic acids is 1. The van der Waals surface area contributed by atoms with Crippen LogP contribution in [0, 0.1) is 5.92 Å². The lowest BCUT2D eigenvalue weighted by atomic mass is 10.1. The van der Waals surface area contributed by atoms with Gasteiger partial charge in [0.2, 0.25) is 0 Å². The van der Waals surface area contributed by atoms with Crippen LogP contribution >= 0.6 is 0 Å². The number of aromatic nitrogens is 2. The molecule has 0 unspecified atom stereocenters. The molecule has 7 heteroatoms. The molecule has 1 fully saturated rings. The van der Waals surface area contributed by atoms with Gasteiger partial charge in [0, 0.05) is 12.2 Å². The summed E-state index contributed by atoms with van der Waals surface area (Å²) in [6.45, 7) is 0. The molecule has 1 saturated carbocycles. The van der Waals surface area contributed by atoms with Gasteiger partial charge in [-0.3, -0.25) is 9.89 Å². The van der Waals surface area contributed by atoms with Crippen molar-refractivity contribution in [2.75, 3.05) is 5.32 Å². The summed E-state index contributed by atoms with van der Waals surface area (Å²) in [6.07, 6.45) is 4.87. The zero-order chi connectivity index (χ0) is 12.3. The van der Waals surface area contributed by atoms with E-state index in [1.165, 1.54) is 6.20 Å².